The molecule has 11 heavy (non-hydrogen) atoms. The quantitative estimate of drug-likeness (QED) is 0.623. The summed E-state index contributed by atoms with van der Waals surface area (Å²) in [6.45, 7) is 2.06. The van der Waals surface area contributed by atoms with Gasteiger partial charge in [0.15, 0.2) is 0 Å². The Morgan fingerprint density at radius 1 is 1.27 bits per heavy atom. The molecular weight excluding hydrogens is 135 g/mol. The van der Waals surface area contributed by atoms with Crippen LogP contribution in [0.1, 0.15) is 11.1 Å². The number of hydrogen-bond donors (Lipinski definition) is 1. The minimum atomic E-state index is 0.105. The predicted molar refractivity (Wildman–Crippen MR) is 49.6 cm³/mol. The molecule has 2 heteroatoms. The second-order valence-corrected chi connectivity index (χ2v) is 2.50. The Balaban J connectivity index is 2.73. The molecule has 0 aromatic heterocycles. The van der Waals surface area contributed by atoms with Crippen molar-refractivity contribution in [1.82, 2.24) is 0 Å². The number of hydrogen-bond acceptors (Lipinski definition) is 1. The third-order valence-corrected chi connectivity index (χ3v) is 1.49. The maximum Gasteiger partial charge on any atom is 0.297 e. The lowest BCUT2D eigenvalue weighted by atomic mass is 10.0. The molecule has 1 aromatic rings. The average Bonchev–Trinajstić information content (AvgIpc) is 2.04. The van der Waals surface area contributed by atoms with Gasteiger partial charge in [0.25, 0.3) is 7.48 Å². The van der Waals surface area contributed by atoms with Crippen molar-refractivity contribution in [3.8, 4) is 0 Å². The first kappa shape index (κ1) is 8.09. The Morgan fingerprint density at radius 2 is 1.91 bits per heavy atom. The lowest BCUT2D eigenvalue weighted by Crippen LogP contribution is -1.78. The molecule has 0 aliphatic heterocycles. The van der Waals surface area contributed by atoms with Crippen LogP contribution < -0.4 is 0 Å². The van der Waals surface area contributed by atoms with Crippen LogP contribution in [0, 0.1) is 6.92 Å². The van der Waals surface area contributed by atoms with Gasteiger partial charge in [-0.2, -0.15) is 0 Å². The Labute approximate surface area is 67.7 Å². The molecule has 0 saturated carbocycles. The van der Waals surface area contributed by atoms with E-state index < -0.39 is 0 Å². The third kappa shape index (κ3) is 2.60. The zero-order valence-corrected chi connectivity index (χ0v) is 6.62. The number of aryl methyl sites for hydroxylation is 1. The van der Waals surface area contributed by atoms with Gasteiger partial charge in [0.2, 0.25) is 0 Å². The van der Waals surface area contributed by atoms with E-state index in [2.05, 4.69) is 19.1 Å². The molecule has 56 valence electrons. The molecule has 0 radical (unpaired) electrons. The maximum absolute atomic E-state index is 8.50. The van der Waals surface area contributed by atoms with Gasteiger partial charge >= 0.3 is 0 Å². The van der Waals surface area contributed by atoms with Gasteiger partial charge in [-0.25, -0.2) is 0 Å². The highest BCUT2D eigenvalue weighted by atomic mass is 16.2. The van der Waals surface area contributed by atoms with E-state index in [9.17, 15) is 0 Å². The van der Waals surface area contributed by atoms with Crippen LogP contribution in [0.2, 0.25) is 0 Å². The van der Waals surface area contributed by atoms with Crippen molar-refractivity contribution in [2.75, 3.05) is 0 Å². The number of benzene rings is 1. The van der Waals surface area contributed by atoms with E-state index in [1.54, 1.807) is 5.98 Å². The summed E-state index contributed by atoms with van der Waals surface area (Å²) in [5.74, 6) is 1.73. The predicted octanol–water partition coefficient (Wildman–Crippen LogP) is 1.31. The molecule has 0 amide bonds. The summed E-state index contributed by atoms with van der Waals surface area (Å²) < 4.78 is 0. The van der Waals surface area contributed by atoms with Crippen LogP contribution in [0.3, 0.4) is 0 Å². The van der Waals surface area contributed by atoms with Gasteiger partial charge in [0.1, 0.15) is 0 Å². The maximum atomic E-state index is 8.50. The highest BCUT2D eigenvalue weighted by Gasteiger charge is 1.84. The van der Waals surface area contributed by atoms with E-state index in [1.165, 1.54) is 5.56 Å². The fraction of sp³-hybridized carbons (Fsp3) is 0.111. The van der Waals surface area contributed by atoms with Crippen molar-refractivity contribution in [3.05, 3.63) is 41.4 Å². The summed E-state index contributed by atoms with van der Waals surface area (Å²) in [6.07, 6.45) is 1.90. The fourth-order valence-corrected chi connectivity index (χ4v) is 0.866. The van der Waals surface area contributed by atoms with Crippen LogP contribution >= 0.6 is 0 Å². The Kier molecular flexibility index (Phi) is 2.93. The van der Waals surface area contributed by atoms with Crippen LogP contribution in [0.15, 0.2) is 30.2 Å². The fourth-order valence-electron chi connectivity index (χ4n) is 0.866. The Morgan fingerprint density at radius 3 is 2.45 bits per heavy atom. The molecule has 1 nitrogen and oxygen atoms in total. The highest BCUT2D eigenvalue weighted by molar-refractivity contribution is 6.33. The van der Waals surface area contributed by atoms with Crippen molar-refractivity contribution in [3.63, 3.8) is 0 Å². The van der Waals surface area contributed by atoms with Crippen LogP contribution in [-0.4, -0.2) is 12.5 Å². The Hall–Kier alpha value is -1.02. The van der Waals surface area contributed by atoms with Gasteiger partial charge in [-0.15, -0.1) is 0 Å². The van der Waals surface area contributed by atoms with Gasteiger partial charge < -0.3 is 5.02 Å². The lowest BCUT2D eigenvalue weighted by molar-refractivity contribution is 0.615. The van der Waals surface area contributed by atoms with Crippen molar-refractivity contribution < 1.29 is 5.02 Å². The first-order valence-electron chi connectivity index (χ1n) is 3.67. The van der Waals surface area contributed by atoms with Gasteiger partial charge in [-0.1, -0.05) is 41.9 Å². The molecule has 0 unspecified atom stereocenters. The summed E-state index contributed by atoms with van der Waals surface area (Å²) in [5, 5.41) is 8.50. The molecule has 0 aliphatic rings. The molecule has 0 spiro atoms. The molecule has 0 saturated heterocycles. The molecule has 0 fully saturated rings. The average molecular weight is 146 g/mol. The van der Waals surface area contributed by atoms with Crippen LogP contribution in [0.5, 0.6) is 0 Å². The van der Waals surface area contributed by atoms with E-state index >= 15 is 0 Å². The monoisotopic (exact) mass is 146 g/mol. The highest BCUT2D eigenvalue weighted by Crippen LogP contribution is 2.03. The Bertz CT molecular complexity index is 238. The zero-order chi connectivity index (χ0) is 8.10. The molecule has 0 heterocycles. The summed E-state index contributed by atoms with van der Waals surface area (Å²) in [4.78, 5) is 0. The largest absolute Gasteiger partial charge is 0.450 e. The van der Waals surface area contributed by atoms with Crippen molar-refractivity contribution >= 4 is 13.6 Å². The summed E-state index contributed by atoms with van der Waals surface area (Å²) in [7, 11) is 0.105. The summed E-state index contributed by atoms with van der Waals surface area (Å²) in [6, 6.07) is 8.16. The normalized spacial score (nSPS) is 10.4. The molecular formula is C9H11BO. The van der Waals surface area contributed by atoms with Crippen LogP contribution in [0.4, 0.5) is 0 Å². The van der Waals surface area contributed by atoms with E-state index in [0.29, 0.717) is 0 Å². The SMILES string of the molecule is Cc1ccc(/C=C/BO)cc1. The first-order chi connectivity index (χ1) is 5.33. The molecule has 0 aliphatic carbocycles. The summed E-state index contributed by atoms with van der Waals surface area (Å²) >= 11 is 0. The molecule has 1 aromatic carbocycles. The van der Waals surface area contributed by atoms with Gasteiger partial charge in [0.05, 0.1) is 0 Å². The van der Waals surface area contributed by atoms with Crippen LogP contribution in [-0.2, 0) is 0 Å². The summed E-state index contributed by atoms with van der Waals surface area (Å²) in [5.41, 5.74) is 2.38. The van der Waals surface area contributed by atoms with Crippen molar-refractivity contribution in [2.24, 2.45) is 0 Å². The van der Waals surface area contributed by atoms with Crippen molar-refractivity contribution in [2.45, 2.75) is 6.92 Å². The number of rotatable bonds is 2. The second kappa shape index (κ2) is 3.99. The third-order valence-electron chi connectivity index (χ3n) is 1.49. The molecule has 1 rings (SSSR count). The smallest absolute Gasteiger partial charge is 0.297 e. The van der Waals surface area contributed by atoms with E-state index in [0.717, 1.165) is 5.56 Å². The standard InChI is InChI=1S/C9H11BO/c1-8-2-4-9(5-3-8)6-7-10-11/h2-7,10-11H,1H3/b7-6+. The minimum Gasteiger partial charge on any atom is -0.450 e. The van der Waals surface area contributed by atoms with Gasteiger partial charge in [0, 0.05) is 0 Å². The van der Waals surface area contributed by atoms with Gasteiger partial charge in [-0.3, -0.25) is 0 Å². The van der Waals surface area contributed by atoms with E-state index in [-0.39, 0.29) is 7.48 Å². The van der Waals surface area contributed by atoms with Crippen molar-refractivity contribution in [1.29, 1.82) is 0 Å². The molecule has 0 bridgehead atoms. The minimum absolute atomic E-state index is 0.105. The van der Waals surface area contributed by atoms with Gasteiger partial charge in [-0.05, 0) is 12.5 Å². The molecule has 1 N–H and O–H groups in total. The first-order valence-corrected chi connectivity index (χ1v) is 3.67. The second-order valence-electron chi connectivity index (χ2n) is 2.50. The zero-order valence-electron chi connectivity index (χ0n) is 6.62. The lowest BCUT2D eigenvalue weighted by Gasteiger charge is -1.92. The van der Waals surface area contributed by atoms with E-state index in [1.807, 2.05) is 18.2 Å². The van der Waals surface area contributed by atoms with Crippen LogP contribution in [0.25, 0.3) is 6.08 Å². The molecule has 0 atom stereocenters. The van der Waals surface area contributed by atoms with E-state index in [4.69, 9.17) is 5.02 Å². The topological polar surface area (TPSA) is 20.2 Å².